The predicted molar refractivity (Wildman–Crippen MR) is 111 cm³/mol. The van der Waals surface area contributed by atoms with Gasteiger partial charge in [-0.15, -0.1) is 0 Å². The average Bonchev–Trinajstić information content (AvgIpc) is 3.18. The number of pyridine rings is 1. The third kappa shape index (κ3) is 3.76. The van der Waals surface area contributed by atoms with Gasteiger partial charge in [-0.05, 0) is 33.3 Å². The Hall–Kier alpha value is -2.41. The minimum absolute atomic E-state index is 0.0754. The Kier molecular flexibility index (Phi) is 6.03. The van der Waals surface area contributed by atoms with Crippen molar-refractivity contribution in [2.45, 2.75) is 60.2 Å². The Labute approximate surface area is 170 Å². The SMILES string of the molecule is CCCCn1nc(C)c2c(C(=O)N(C)Cc3c(Cl)cnn3CC)cc(C)nc21. The first-order chi connectivity index (χ1) is 13.4. The van der Waals surface area contributed by atoms with Crippen LogP contribution in [0, 0.1) is 13.8 Å². The second-order valence-electron chi connectivity index (χ2n) is 7.09. The molecule has 0 aliphatic rings. The van der Waals surface area contributed by atoms with Crippen molar-refractivity contribution < 1.29 is 4.79 Å². The average molecular weight is 403 g/mol. The monoisotopic (exact) mass is 402 g/mol. The quantitative estimate of drug-likeness (QED) is 0.599. The molecule has 0 aromatic carbocycles. The van der Waals surface area contributed by atoms with E-state index in [4.69, 9.17) is 11.6 Å². The van der Waals surface area contributed by atoms with E-state index in [9.17, 15) is 4.79 Å². The molecule has 0 unspecified atom stereocenters. The highest BCUT2D eigenvalue weighted by molar-refractivity contribution is 6.31. The van der Waals surface area contributed by atoms with E-state index in [2.05, 4.69) is 22.1 Å². The fourth-order valence-corrected chi connectivity index (χ4v) is 3.63. The zero-order chi connectivity index (χ0) is 20.4. The highest BCUT2D eigenvalue weighted by atomic mass is 35.5. The molecule has 8 heteroatoms. The van der Waals surface area contributed by atoms with Gasteiger partial charge >= 0.3 is 0 Å². The highest BCUT2D eigenvalue weighted by Gasteiger charge is 2.22. The Bertz CT molecular complexity index is 1010. The number of carbonyl (C=O) groups excluding carboxylic acids is 1. The van der Waals surface area contributed by atoms with Crippen molar-refractivity contribution in [1.82, 2.24) is 29.4 Å². The van der Waals surface area contributed by atoms with Crippen LogP contribution in [0.4, 0.5) is 0 Å². The molecular formula is C20H27ClN6O. The number of aryl methyl sites for hydroxylation is 4. The molecule has 0 fully saturated rings. The van der Waals surface area contributed by atoms with Crippen molar-refractivity contribution in [3.05, 3.63) is 39.9 Å². The minimum Gasteiger partial charge on any atom is -0.336 e. The van der Waals surface area contributed by atoms with E-state index in [0.717, 1.165) is 47.5 Å². The second kappa shape index (κ2) is 8.31. The van der Waals surface area contributed by atoms with Crippen molar-refractivity contribution in [2.75, 3.05) is 7.05 Å². The van der Waals surface area contributed by atoms with Gasteiger partial charge in [-0.2, -0.15) is 10.2 Å². The summed E-state index contributed by atoms with van der Waals surface area (Å²) in [7, 11) is 1.78. The maximum Gasteiger partial charge on any atom is 0.254 e. The summed E-state index contributed by atoms with van der Waals surface area (Å²) in [5, 5.41) is 10.3. The molecule has 0 bridgehead atoms. The lowest BCUT2D eigenvalue weighted by Crippen LogP contribution is -2.28. The van der Waals surface area contributed by atoms with E-state index >= 15 is 0 Å². The van der Waals surface area contributed by atoms with Crippen LogP contribution in [-0.2, 0) is 19.6 Å². The Morgan fingerprint density at radius 1 is 1.25 bits per heavy atom. The maximum absolute atomic E-state index is 13.3. The molecular weight excluding hydrogens is 376 g/mol. The summed E-state index contributed by atoms with van der Waals surface area (Å²) in [6.07, 6.45) is 3.72. The third-order valence-electron chi connectivity index (χ3n) is 4.89. The van der Waals surface area contributed by atoms with E-state index in [1.165, 1.54) is 0 Å². The first-order valence-corrected chi connectivity index (χ1v) is 10.1. The molecule has 3 aromatic rings. The lowest BCUT2D eigenvalue weighted by atomic mass is 10.1. The molecule has 0 radical (unpaired) electrons. The topological polar surface area (TPSA) is 68.8 Å². The lowest BCUT2D eigenvalue weighted by Gasteiger charge is -2.19. The Morgan fingerprint density at radius 3 is 2.68 bits per heavy atom. The number of aromatic nitrogens is 5. The number of amides is 1. The number of carbonyl (C=O) groups is 1. The van der Waals surface area contributed by atoms with Crippen molar-refractivity contribution in [2.24, 2.45) is 0 Å². The number of rotatable bonds is 7. The number of fused-ring (bicyclic) bond motifs is 1. The van der Waals surface area contributed by atoms with Crippen molar-refractivity contribution in [1.29, 1.82) is 0 Å². The standard InChI is InChI=1S/C20H27ClN6O/c1-6-8-9-27-19-18(14(4)24-27)15(10-13(3)23-19)20(28)25(5)12-17-16(21)11-22-26(17)7-2/h10-11H,6-9,12H2,1-5H3. The van der Waals surface area contributed by atoms with Gasteiger partial charge in [0.2, 0.25) is 0 Å². The van der Waals surface area contributed by atoms with Gasteiger partial charge in [-0.25, -0.2) is 9.67 Å². The summed E-state index contributed by atoms with van der Waals surface area (Å²) < 4.78 is 3.73. The van der Waals surface area contributed by atoms with Crippen LogP contribution in [-0.4, -0.2) is 42.4 Å². The highest BCUT2D eigenvalue weighted by Crippen LogP contribution is 2.25. The van der Waals surface area contributed by atoms with E-state index in [1.54, 1.807) is 18.1 Å². The van der Waals surface area contributed by atoms with E-state index in [-0.39, 0.29) is 5.91 Å². The largest absolute Gasteiger partial charge is 0.336 e. The fraction of sp³-hybridized carbons (Fsp3) is 0.500. The Morgan fingerprint density at radius 2 is 2.00 bits per heavy atom. The summed E-state index contributed by atoms with van der Waals surface area (Å²) in [6, 6.07) is 1.85. The zero-order valence-corrected chi connectivity index (χ0v) is 17.9. The molecule has 150 valence electrons. The van der Waals surface area contributed by atoms with Gasteiger partial charge in [-0.3, -0.25) is 9.48 Å². The fourth-order valence-electron chi connectivity index (χ4n) is 3.43. The van der Waals surface area contributed by atoms with Crippen LogP contribution in [0.3, 0.4) is 0 Å². The first-order valence-electron chi connectivity index (χ1n) is 9.67. The van der Waals surface area contributed by atoms with E-state index < -0.39 is 0 Å². The van der Waals surface area contributed by atoms with Gasteiger partial charge in [0.05, 0.1) is 40.1 Å². The molecule has 0 saturated heterocycles. The van der Waals surface area contributed by atoms with Gasteiger partial charge in [0.15, 0.2) is 5.65 Å². The molecule has 3 rings (SSSR count). The maximum atomic E-state index is 13.3. The molecule has 0 atom stereocenters. The third-order valence-corrected chi connectivity index (χ3v) is 5.21. The van der Waals surface area contributed by atoms with E-state index in [0.29, 0.717) is 23.7 Å². The van der Waals surface area contributed by atoms with Crippen LogP contribution >= 0.6 is 11.6 Å². The summed E-state index contributed by atoms with van der Waals surface area (Å²) in [4.78, 5) is 19.6. The number of halogens is 1. The normalized spacial score (nSPS) is 11.4. The minimum atomic E-state index is -0.0754. The first kappa shape index (κ1) is 20.3. The van der Waals surface area contributed by atoms with Crippen LogP contribution < -0.4 is 0 Å². The van der Waals surface area contributed by atoms with Gasteiger partial charge in [-0.1, -0.05) is 24.9 Å². The van der Waals surface area contributed by atoms with Gasteiger partial charge in [0, 0.05) is 25.8 Å². The second-order valence-corrected chi connectivity index (χ2v) is 7.50. The molecule has 28 heavy (non-hydrogen) atoms. The summed E-state index contributed by atoms with van der Waals surface area (Å²) in [5.41, 5.74) is 3.87. The molecule has 0 N–H and O–H groups in total. The summed E-state index contributed by atoms with van der Waals surface area (Å²) in [5.74, 6) is -0.0754. The molecule has 0 aliphatic carbocycles. The summed E-state index contributed by atoms with van der Waals surface area (Å²) in [6.45, 7) is 9.87. The molecule has 7 nitrogen and oxygen atoms in total. The van der Waals surface area contributed by atoms with Crippen LogP contribution in [0.5, 0.6) is 0 Å². The molecule has 3 aromatic heterocycles. The van der Waals surface area contributed by atoms with E-state index in [1.807, 2.05) is 36.2 Å². The molecule has 0 saturated carbocycles. The van der Waals surface area contributed by atoms with Crippen LogP contribution in [0.1, 0.15) is 54.1 Å². The van der Waals surface area contributed by atoms with Crippen LogP contribution in [0.15, 0.2) is 12.3 Å². The van der Waals surface area contributed by atoms with Crippen molar-refractivity contribution in [3.63, 3.8) is 0 Å². The molecule has 3 heterocycles. The molecule has 1 amide bonds. The van der Waals surface area contributed by atoms with Gasteiger partial charge < -0.3 is 4.90 Å². The number of hydrogen-bond donors (Lipinski definition) is 0. The zero-order valence-electron chi connectivity index (χ0n) is 17.2. The lowest BCUT2D eigenvalue weighted by molar-refractivity contribution is 0.0783. The predicted octanol–water partition coefficient (Wildman–Crippen LogP) is 3.99. The number of nitrogens with zero attached hydrogens (tertiary/aromatic N) is 6. The molecule has 0 aliphatic heterocycles. The summed E-state index contributed by atoms with van der Waals surface area (Å²) >= 11 is 6.27. The van der Waals surface area contributed by atoms with Crippen LogP contribution in [0.2, 0.25) is 5.02 Å². The molecule has 0 spiro atoms. The smallest absolute Gasteiger partial charge is 0.254 e. The number of hydrogen-bond acceptors (Lipinski definition) is 4. The van der Waals surface area contributed by atoms with Crippen molar-refractivity contribution >= 4 is 28.5 Å². The van der Waals surface area contributed by atoms with Gasteiger partial charge in [0.1, 0.15) is 0 Å². The van der Waals surface area contributed by atoms with Crippen molar-refractivity contribution in [3.8, 4) is 0 Å². The Balaban J connectivity index is 1.99. The van der Waals surface area contributed by atoms with Gasteiger partial charge in [0.25, 0.3) is 5.91 Å². The van der Waals surface area contributed by atoms with Crippen LogP contribution in [0.25, 0.3) is 11.0 Å². The number of unbranched alkanes of at least 4 members (excludes halogenated alkanes) is 1.